The van der Waals surface area contributed by atoms with E-state index in [0.717, 1.165) is 51.5 Å². The fourth-order valence-electron chi connectivity index (χ4n) is 4.40. The zero-order chi connectivity index (χ0) is 25.1. The number of para-hydroxylation sites is 2. The molecule has 0 aliphatic carbocycles. The summed E-state index contributed by atoms with van der Waals surface area (Å²) in [7, 11) is 0. The van der Waals surface area contributed by atoms with E-state index in [0.29, 0.717) is 19.5 Å². The molecular formula is C29H41N3O3. The highest BCUT2D eigenvalue weighted by Gasteiger charge is 2.21. The fourth-order valence-corrected chi connectivity index (χ4v) is 4.40. The molecule has 190 valence electrons. The van der Waals surface area contributed by atoms with Gasteiger partial charge in [0.2, 0.25) is 5.91 Å². The molecule has 2 aromatic carbocycles. The maximum Gasteiger partial charge on any atom is 0.407 e. The van der Waals surface area contributed by atoms with Crippen molar-refractivity contribution < 1.29 is 14.3 Å². The van der Waals surface area contributed by atoms with Crippen LogP contribution < -0.4 is 15.5 Å². The van der Waals surface area contributed by atoms with Crippen molar-refractivity contribution in [2.75, 3.05) is 24.5 Å². The lowest BCUT2D eigenvalue weighted by Gasteiger charge is -2.33. The Labute approximate surface area is 210 Å². The summed E-state index contributed by atoms with van der Waals surface area (Å²) in [6, 6.07) is 17.3. The van der Waals surface area contributed by atoms with Crippen LogP contribution in [0.3, 0.4) is 0 Å². The van der Waals surface area contributed by atoms with Crippen LogP contribution in [0.4, 0.5) is 16.2 Å². The van der Waals surface area contributed by atoms with Crippen LogP contribution in [-0.4, -0.2) is 37.2 Å². The van der Waals surface area contributed by atoms with Gasteiger partial charge in [-0.3, -0.25) is 4.79 Å². The summed E-state index contributed by atoms with van der Waals surface area (Å²) in [5.74, 6) is 0.130. The van der Waals surface area contributed by atoms with E-state index in [-0.39, 0.29) is 12.0 Å². The van der Waals surface area contributed by atoms with E-state index < -0.39 is 5.60 Å². The Bertz CT molecular complexity index is 922. The van der Waals surface area contributed by atoms with Gasteiger partial charge in [0.25, 0.3) is 0 Å². The average Bonchev–Trinajstić information content (AvgIpc) is 2.81. The molecule has 0 atom stereocenters. The first-order valence-corrected chi connectivity index (χ1v) is 13.0. The van der Waals surface area contributed by atoms with Gasteiger partial charge in [0, 0.05) is 43.9 Å². The minimum atomic E-state index is -0.473. The van der Waals surface area contributed by atoms with E-state index in [9.17, 15) is 9.59 Å². The number of carbonyl (C=O) groups is 2. The molecule has 0 spiro atoms. The highest BCUT2D eigenvalue weighted by molar-refractivity contribution is 5.76. The maximum atomic E-state index is 12.2. The van der Waals surface area contributed by atoms with Crippen molar-refractivity contribution in [2.45, 2.75) is 77.7 Å². The van der Waals surface area contributed by atoms with Crippen molar-refractivity contribution in [3.63, 3.8) is 0 Å². The number of amides is 2. The molecule has 2 amide bonds. The van der Waals surface area contributed by atoms with Crippen molar-refractivity contribution in [3.8, 4) is 0 Å². The molecule has 3 rings (SSSR count). The quantitative estimate of drug-likeness (QED) is 0.361. The van der Waals surface area contributed by atoms with Crippen molar-refractivity contribution in [2.24, 2.45) is 0 Å². The minimum Gasteiger partial charge on any atom is -0.444 e. The van der Waals surface area contributed by atoms with E-state index in [4.69, 9.17) is 4.74 Å². The third-order valence-electron chi connectivity index (χ3n) is 6.08. The standard InChI is InChI=1S/C29H41N3O3/c1-29(2,3)35-28(34)31-20-12-5-11-19-30-27(33)18-6-4-13-21-32-25-16-9-7-14-23(25)22-24-15-8-10-17-26(24)32/h7-10,14-17H,4-6,11-13,18-22H2,1-3H3,(H,30,33)(H,31,34). The van der Waals surface area contributed by atoms with E-state index in [2.05, 4.69) is 64.1 Å². The number of anilines is 2. The molecule has 0 saturated heterocycles. The van der Waals surface area contributed by atoms with Crippen LogP contribution in [0, 0.1) is 0 Å². The lowest BCUT2D eigenvalue weighted by Crippen LogP contribution is -2.33. The zero-order valence-corrected chi connectivity index (χ0v) is 21.6. The molecule has 6 heteroatoms. The lowest BCUT2D eigenvalue weighted by molar-refractivity contribution is -0.121. The Hall–Kier alpha value is -3.02. The molecule has 0 radical (unpaired) electrons. The number of hydrogen-bond acceptors (Lipinski definition) is 4. The second-order valence-corrected chi connectivity index (χ2v) is 10.2. The molecule has 0 fully saturated rings. The first-order valence-electron chi connectivity index (χ1n) is 13.0. The molecule has 2 N–H and O–H groups in total. The molecule has 0 saturated carbocycles. The number of benzene rings is 2. The normalized spacial score (nSPS) is 12.5. The van der Waals surface area contributed by atoms with Crippen LogP contribution >= 0.6 is 0 Å². The predicted molar refractivity (Wildman–Crippen MR) is 142 cm³/mol. The molecule has 1 heterocycles. The molecular weight excluding hydrogens is 438 g/mol. The lowest BCUT2D eigenvalue weighted by atomic mass is 9.95. The predicted octanol–water partition coefficient (Wildman–Crippen LogP) is 6.10. The van der Waals surface area contributed by atoms with Crippen molar-refractivity contribution in [1.29, 1.82) is 0 Å². The van der Waals surface area contributed by atoms with E-state index >= 15 is 0 Å². The highest BCUT2D eigenvalue weighted by atomic mass is 16.6. The number of carbonyl (C=O) groups excluding carboxylic acids is 2. The van der Waals surface area contributed by atoms with Crippen molar-refractivity contribution >= 4 is 23.4 Å². The largest absolute Gasteiger partial charge is 0.444 e. The molecule has 0 unspecified atom stereocenters. The summed E-state index contributed by atoms with van der Waals surface area (Å²) in [5.41, 5.74) is 4.91. The SMILES string of the molecule is CC(C)(C)OC(=O)NCCCCCNC(=O)CCCCCN1c2ccccc2Cc2ccccc21. The van der Waals surface area contributed by atoms with Gasteiger partial charge in [-0.15, -0.1) is 0 Å². The van der Waals surface area contributed by atoms with Gasteiger partial charge < -0.3 is 20.3 Å². The molecule has 0 aromatic heterocycles. The Morgan fingerprint density at radius 3 is 2.00 bits per heavy atom. The molecule has 2 aromatic rings. The van der Waals surface area contributed by atoms with Gasteiger partial charge in [0.05, 0.1) is 0 Å². The third kappa shape index (κ3) is 8.93. The molecule has 1 aliphatic rings. The van der Waals surface area contributed by atoms with Crippen LogP contribution in [0.15, 0.2) is 48.5 Å². The third-order valence-corrected chi connectivity index (χ3v) is 6.08. The van der Waals surface area contributed by atoms with Crippen LogP contribution in [0.2, 0.25) is 0 Å². The molecule has 1 aliphatic heterocycles. The molecule has 0 bridgehead atoms. The van der Waals surface area contributed by atoms with Gasteiger partial charge in [-0.25, -0.2) is 4.79 Å². The Balaban J connectivity index is 1.25. The van der Waals surface area contributed by atoms with Gasteiger partial charge in [-0.2, -0.15) is 0 Å². The Morgan fingerprint density at radius 2 is 1.37 bits per heavy atom. The second kappa shape index (κ2) is 13.2. The first-order chi connectivity index (χ1) is 16.8. The number of rotatable bonds is 12. The number of nitrogens with one attached hydrogen (secondary N) is 2. The van der Waals surface area contributed by atoms with Crippen molar-refractivity contribution in [1.82, 2.24) is 10.6 Å². The van der Waals surface area contributed by atoms with E-state index in [1.165, 1.54) is 22.5 Å². The van der Waals surface area contributed by atoms with Gasteiger partial charge in [0.15, 0.2) is 0 Å². The fraction of sp³-hybridized carbons (Fsp3) is 0.517. The summed E-state index contributed by atoms with van der Waals surface area (Å²) in [5, 5.41) is 5.78. The second-order valence-electron chi connectivity index (χ2n) is 10.2. The van der Waals surface area contributed by atoms with Crippen LogP contribution in [0.1, 0.15) is 76.8 Å². The maximum absolute atomic E-state index is 12.2. The number of fused-ring (bicyclic) bond motifs is 2. The summed E-state index contributed by atoms with van der Waals surface area (Å²) in [6.45, 7) is 7.79. The average molecular weight is 480 g/mol. The topological polar surface area (TPSA) is 70.7 Å². The van der Waals surface area contributed by atoms with Gasteiger partial charge in [0.1, 0.15) is 5.60 Å². The van der Waals surface area contributed by atoms with Gasteiger partial charge in [-0.1, -0.05) is 42.8 Å². The van der Waals surface area contributed by atoms with Crippen LogP contribution in [0.25, 0.3) is 0 Å². The number of nitrogens with zero attached hydrogens (tertiary/aromatic N) is 1. The first kappa shape index (κ1) is 26.6. The molecule has 6 nitrogen and oxygen atoms in total. The minimum absolute atomic E-state index is 0.130. The van der Waals surface area contributed by atoms with E-state index in [1.54, 1.807) is 0 Å². The van der Waals surface area contributed by atoms with Crippen LogP contribution in [0.5, 0.6) is 0 Å². The van der Waals surface area contributed by atoms with Gasteiger partial charge in [-0.05, 0) is 76.1 Å². The zero-order valence-electron chi connectivity index (χ0n) is 21.6. The highest BCUT2D eigenvalue weighted by Crippen LogP contribution is 2.38. The number of ether oxygens (including phenoxy) is 1. The monoisotopic (exact) mass is 479 g/mol. The summed E-state index contributed by atoms with van der Waals surface area (Å²) in [4.78, 5) is 26.2. The number of hydrogen-bond donors (Lipinski definition) is 2. The summed E-state index contributed by atoms with van der Waals surface area (Å²) >= 11 is 0. The number of unbranched alkanes of at least 4 members (excludes halogenated alkanes) is 4. The smallest absolute Gasteiger partial charge is 0.407 e. The van der Waals surface area contributed by atoms with Gasteiger partial charge >= 0.3 is 6.09 Å². The molecule has 35 heavy (non-hydrogen) atoms. The van der Waals surface area contributed by atoms with Crippen molar-refractivity contribution in [3.05, 3.63) is 59.7 Å². The van der Waals surface area contributed by atoms with Crippen LogP contribution in [-0.2, 0) is 16.0 Å². The summed E-state index contributed by atoms with van der Waals surface area (Å²) in [6.07, 6.45) is 6.92. The number of alkyl carbamates (subject to hydrolysis) is 1. The Kier molecular flexibility index (Phi) is 10.0. The summed E-state index contributed by atoms with van der Waals surface area (Å²) < 4.78 is 5.21. The van der Waals surface area contributed by atoms with E-state index in [1.807, 2.05) is 20.8 Å². The Morgan fingerprint density at radius 1 is 0.800 bits per heavy atom.